The van der Waals surface area contributed by atoms with Crippen LogP contribution in [0, 0.1) is 12.8 Å². The maximum Gasteiger partial charge on any atom is 0.228 e. The van der Waals surface area contributed by atoms with Crippen molar-refractivity contribution in [1.82, 2.24) is 14.9 Å². The SMILES string of the molecule is Cc1ccc(N2CC(C(=O)N3CCN(c4ccnc(N5CCOCC5)n4)CC3)CC2=O)cc1. The van der Waals surface area contributed by atoms with Crippen LogP contribution in [0.25, 0.3) is 0 Å². The molecule has 0 radical (unpaired) electrons. The number of benzene rings is 1. The Hall–Kier alpha value is -3.20. The van der Waals surface area contributed by atoms with Gasteiger partial charge in [-0.15, -0.1) is 0 Å². The summed E-state index contributed by atoms with van der Waals surface area (Å²) in [6.45, 7) is 8.15. The largest absolute Gasteiger partial charge is 0.378 e. The molecule has 3 aliphatic rings. The van der Waals surface area contributed by atoms with E-state index >= 15 is 0 Å². The van der Waals surface area contributed by atoms with Crippen LogP contribution in [0.2, 0.25) is 0 Å². The van der Waals surface area contributed by atoms with Gasteiger partial charge in [0.05, 0.1) is 19.1 Å². The summed E-state index contributed by atoms with van der Waals surface area (Å²) in [6.07, 6.45) is 2.08. The van der Waals surface area contributed by atoms with Gasteiger partial charge in [-0.25, -0.2) is 4.98 Å². The molecule has 3 aliphatic heterocycles. The Balaban J connectivity index is 1.18. The zero-order chi connectivity index (χ0) is 22.8. The highest BCUT2D eigenvalue weighted by Crippen LogP contribution is 2.27. The standard InChI is InChI=1S/C24H30N6O3/c1-18-2-4-20(5-3-18)30-17-19(16-22(30)31)23(32)28-10-8-27(9-11-28)21-6-7-25-24(26-21)29-12-14-33-15-13-29/h2-7,19H,8-17H2,1H3. The van der Waals surface area contributed by atoms with Crippen LogP contribution in [0.4, 0.5) is 17.5 Å². The molecule has 9 nitrogen and oxygen atoms in total. The van der Waals surface area contributed by atoms with E-state index in [4.69, 9.17) is 9.72 Å². The third-order valence-corrected chi connectivity index (χ3v) is 6.66. The van der Waals surface area contributed by atoms with E-state index in [-0.39, 0.29) is 24.2 Å². The van der Waals surface area contributed by atoms with Crippen LogP contribution < -0.4 is 14.7 Å². The normalized spacial score (nSPS) is 21.6. The van der Waals surface area contributed by atoms with Crippen LogP contribution in [-0.2, 0) is 14.3 Å². The Bertz CT molecular complexity index is 1000. The Morgan fingerprint density at radius 1 is 0.970 bits per heavy atom. The molecule has 1 aromatic heterocycles. The molecule has 174 valence electrons. The third kappa shape index (κ3) is 4.64. The highest BCUT2D eigenvalue weighted by Gasteiger charge is 2.38. The summed E-state index contributed by atoms with van der Waals surface area (Å²) in [5.41, 5.74) is 2.02. The number of carbonyl (C=O) groups excluding carboxylic acids is 2. The molecule has 3 fully saturated rings. The van der Waals surface area contributed by atoms with Gasteiger partial charge in [0.15, 0.2) is 0 Å². The molecular weight excluding hydrogens is 420 g/mol. The highest BCUT2D eigenvalue weighted by molar-refractivity contribution is 6.00. The molecule has 2 amide bonds. The summed E-state index contributed by atoms with van der Waals surface area (Å²) in [6, 6.07) is 9.82. The Morgan fingerprint density at radius 3 is 2.42 bits per heavy atom. The lowest BCUT2D eigenvalue weighted by Gasteiger charge is -2.36. The van der Waals surface area contributed by atoms with E-state index in [0.29, 0.717) is 45.9 Å². The van der Waals surface area contributed by atoms with Gasteiger partial charge in [-0.05, 0) is 25.1 Å². The lowest BCUT2D eigenvalue weighted by Crippen LogP contribution is -2.51. The second-order valence-corrected chi connectivity index (χ2v) is 8.87. The molecule has 1 aromatic carbocycles. The van der Waals surface area contributed by atoms with Gasteiger partial charge in [-0.2, -0.15) is 4.98 Å². The number of hydrogen-bond acceptors (Lipinski definition) is 7. The molecule has 3 saturated heterocycles. The van der Waals surface area contributed by atoms with Gasteiger partial charge >= 0.3 is 0 Å². The van der Waals surface area contributed by atoms with E-state index in [9.17, 15) is 9.59 Å². The summed E-state index contributed by atoms with van der Waals surface area (Å²) < 4.78 is 5.42. The summed E-state index contributed by atoms with van der Waals surface area (Å²) in [7, 11) is 0. The topological polar surface area (TPSA) is 82.1 Å². The van der Waals surface area contributed by atoms with Crippen LogP contribution in [-0.4, -0.2) is 85.7 Å². The number of morpholine rings is 1. The van der Waals surface area contributed by atoms with E-state index in [1.807, 2.05) is 42.2 Å². The second-order valence-electron chi connectivity index (χ2n) is 8.87. The van der Waals surface area contributed by atoms with Crippen molar-refractivity contribution in [2.24, 2.45) is 5.92 Å². The van der Waals surface area contributed by atoms with Crippen molar-refractivity contribution < 1.29 is 14.3 Å². The average Bonchev–Trinajstić information content (AvgIpc) is 3.26. The highest BCUT2D eigenvalue weighted by atomic mass is 16.5. The summed E-state index contributed by atoms with van der Waals surface area (Å²) >= 11 is 0. The molecule has 0 saturated carbocycles. The second kappa shape index (κ2) is 9.35. The first kappa shape index (κ1) is 21.6. The monoisotopic (exact) mass is 450 g/mol. The maximum atomic E-state index is 13.2. The molecule has 0 bridgehead atoms. The molecule has 2 aromatic rings. The molecule has 1 atom stereocenters. The van der Waals surface area contributed by atoms with Gasteiger partial charge in [0.1, 0.15) is 5.82 Å². The summed E-state index contributed by atoms with van der Waals surface area (Å²) in [4.78, 5) is 42.9. The fraction of sp³-hybridized carbons (Fsp3) is 0.500. The van der Waals surface area contributed by atoms with Crippen molar-refractivity contribution in [3.63, 3.8) is 0 Å². The van der Waals surface area contributed by atoms with E-state index in [1.54, 1.807) is 11.1 Å². The van der Waals surface area contributed by atoms with E-state index in [0.717, 1.165) is 36.1 Å². The minimum atomic E-state index is -0.280. The number of anilines is 3. The lowest BCUT2D eigenvalue weighted by molar-refractivity contribution is -0.136. The van der Waals surface area contributed by atoms with E-state index in [1.165, 1.54) is 0 Å². The predicted octanol–water partition coefficient (Wildman–Crippen LogP) is 1.32. The van der Waals surface area contributed by atoms with Crippen molar-refractivity contribution in [2.75, 3.05) is 73.7 Å². The van der Waals surface area contributed by atoms with Crippen molar-refractivity contribution in [3.05, 3.63) is 42.1 Å². The smallest absolute Gasteiger partial charge is 0.228 e. The van der Waals surface area contributed by atoms with Crippen LogP contribution in [0.1, 0.15) is 12.0 Å². The first-order valence-electron chi connectivity index (χ1n) is 11.6. The average molecular weight is 451 g/mol. The van der Waals surface area contributed by atoms with Crippen LogP contribution in [0.3, 0.4) is 0 Å². The number of ether oxygens (including phenoxy) is 1. The molecule has 4 heterocycles. The van der Waals surface area contributed by atoms with Crippen molar-refractivity contribution >= 4 is 29.3 Å². The maximum absolute atomic E-state index is 13.2. The molecule has 33 heavy (non-hydrogen) atoms. The van der Waals surface area contributed by atoms with Gasteiger partial charge in [-0.1, -0.05) is 17.7 Å². The molecular formula is C24H30N6O3. The van der Waals surface area contributed by atoms with Gasteiger partial charge in [0.2, 0.25) is 17.8 Å². The number of aryl methyl sites for hydroxylation is 1. The molecule has 5 rings (SSSR count). The predicted molar refractivity (Wildman–Crippen MR) is 125 cm³/mol. The molecule has 1 unspecified atom stereocenters. The van der Waals surface area contributed by atoms with Crippen molar-refractivity contribution in [1.29, 1.82) is 0 Å². The molecule has 9 heteroatoms. The van der Waals surface area contributed by atoms with Gasteiger partial charge in [0.25, 0.3) is 0 Å². The lowest BCUT2D eigenvalue weighted by atomic mass is 10.1. The number of piperazine rings is 1. The Kier molecular flexibility index (Phi) is 6.13. The molecule has 0 N–H and O–H groups in total. The Morgan fingerprint density at radius 2 is 1.70 bits per heavy atom. The first-order valence-corrected chi connectivity index (χ1v) is 11.6. The number of nitrogens with zero attached hydrogens (tertiary/aromatic N) is 6. The number of rotatable bonds is 4. The van der Waals surface area contributed by atoms with Crippen molar-refractivity contribution in [3.8, 4) is 0 Å². The zero-order valence-corrected chi connectivity index (χ0v) is 19.0. The van der Waals surface area contributed by atoms with Gasteiger partial charge < -0.3 is 24.3 Å². The van der Waals surface area contributed by atoms with E-state index in [2.05, 4.69) is 14.8 Å². The van der Waals surface area contributed by atoms with E-state index < -0.39 is 0 Å². The van der Waals surface area contributed by atoms with Crippen LogP contribution >= 0.6 is 0 Å². The van der Waals surface area contributed by atoms with Crippen LogP contribution in [0.15, 0.2) is 36.5 Å². The number of aromatic nitrogens is 2. The number of carbonyl (C=O) groups is 2. The fourth-order valence-electron chi connectivity index (χ4n) is 4.69. The summed E-state index contributed by atoms with van der Waals surface area (Å²) in [5.74, 6) is 1.44. The third-order valence-electron chi connectivity index (χ3n) is 6.66. The van der Waals surface area contributed by atoms with Gasteiger partial charge in [-0.3, -0.25) is 9.59 Å². The molecule has 0 spiro atoms. The number of amides is 2. The number of hydrogen-bond donors (Lipinski definition) is 0. The minimum absolute atomic E-state index is 0.0208. The van der Waals surface area contributed by atoms with Gasteiger partial charge in [0, 0.05) is 64.1 Å². The summed E-state index contributed by atoms with van der Waals surface area (Å²) in [5, 5.41) is 0. The Labute approximate surface area is 193 Å². The van der Waals surface area contributed by atoms with Crippen LogP contribution in [0.5, 0.6) is 0 Å². The first-order chi connectivity index (χ1) is 16.1. The zero-order valence-electron chi connectivity index (χ0n) is 19.0. The quantitative estimate of drug-likeness (QED) is 0.695. The minimum Gasteiger partial charge on any atom is -0.378 e. The van der Waals surface area contributed by atoms with Crippen molar-refractivity contribution in [2.45, 2.75) is 13.3 Å². The fourth-order valence-corrected chi connectivity index (χ4v) is 4.69. The molecule has 0 aliphatic carbocycles.